The lowest BCUT2D eigenvalue weighted by Gasteiger charge is -2.29. The number of ether oxygens (including phenoxy) is 1. The van der Waals surface area contributed by atoms with Crippen LogP contribution in [0.15, 0.2) is 6.07 Å². The second kappa shape index (κ2) is 5.62. The molecule has 4 atom stereocenters. The summed E-state index contributed by atoms with van der Waals surface area (Å²) in [6.45, 7) is 6.13. The fourth-order valence-corrected chi connectivity index (χ4v) is 6.59. The van der Waals surface area contributed by atoms with Crippen molar-refractivity contribution in [3.63, 3.8) is 0 Å². The van der Waals surface area contributed by atoms with Crippen LogP contribution in [0, 0.1) is 25.7 Å². The molecule has 0 radical (unpaired) electrons. The van der Waals surface area contributed by atoms with E-state index in [2.05, 4.69) is 19.6 Å². The summed E-state index contributed by atoms with van der Waals surface area (Å²) in [5, 5.41) is -0.167. The molecule has 4 fully saturated rings. The van der Waals surface area contributed by atoms with Crippen LogP contribution in [0.1, 0.15) is 37.1 Å². The summed E-state index contributed by atoms with van der Waals surface area (Å²) in [4.78, 5) is 11.5. The Bertz CT molecular complexity index is 821. The second-order valence-electron chi connectivity index (χ2n) is 8.45. The Morgan fingerprint density at radius 3 is 2.69 bits per heavy atom. The minimum atomic E-state index is -3.14. The third-order valence-corrected chi connectivity index (χ3v) is 8.44. The Balaban J connectivity index is 1.35. The summed E-state index contributed by atoms with van der Waals surface area (Å²) in [5.41, 5.74) is 1.79. The van der Waals surface area contributed by atoms with E-state index in [1.807, 2.05) is 19.9 Å². The Morgan fingerprint density at radius 1 is 1.27 bits per heavy atom. The summed E-state index contributed by atoms with van der Waals surface area (Å²) in [5.74, 6) is 1.36. The van der Waals surface area contributed by atoms with Crippen molar-refractivity contribution in [2.24, 2.45) is 11.8 Å². The number of aromatic nitrogens is 2. The van der Waals surface area contributed by atoms with Gasteiger partial charge in [-0.05, 0) is 45.6 Å². The molecule has 0 unspecified atom stereocenters. The van der Waals surface area contributed by atoms with Gasteiger partial charge in [-0.1, -0.05) is 0 Å². The molecule has 5 rings (SSSR count). The van der Waals surface area contributed by atoms with Gasteiger partial charge in [0.05, 0.1) is 23.5 Å². The summed E-state index contributed by atoms with van der Waals surface area (Å²) < 4.78 is 33.7. The van der Waals surface area contributed by atoms with E-state index in [0.29, 0.717) is 12.5 Å². The highest BCUT2D eigenvalue weighted by Gasteiger charge is 2.63. The first-order valence-electron chi connectivity index (χ1n) is 9.60. The number of rotatable bonds is 5. The molecule has 3 saturated heterocycles. The predicted octanol–water partition coefficient (Wildman–Crippen LogP) is 1.16. The monoisotopic (exact) mass is 378 g/mol. The zero-order valence-electron chi connectivity index (χ0n) is 15.3. The molecule has 4 aliphatic rings. The molecule has 2 bridgehead atoms. The minimum Gasteiger partial charge on any atom is -0.369 e. The van der Waals surface area contributed by atoms with Gasteiger partial charge < -0.3 is 9.64 Å². The Labute approximate surface area is 154 Å². The lowest BCUT2D eigenvalue weighted by molar-refractivity contribution is 0.0141. The van der Waals surface area contributed by atoms with Gasteiger partial charge in [0.2, 0.25) is 16.0 Å². The molecule has 8 heteroatoms. The quantitative estimate of drug-likeness (QED) is 0.828. The first kappa shape index (κ1) is 16.9. The van der Waals surface area contributed by atoms with Crippen LogP contribution in [0.25, 0.3) is 0 Å². The van der Waals surface area contributed by atoms with Gasteiger partial charge in [0, 0.05) is 36.3 Å². The van der Waals surface area contributed by atoms with Crippen LogP contribution in [-0.2, 0) is 14.8 Å². The maximum Gasteiger partial charge on any atom is 0.225 e. The van der Waals surface area contributed by atoms with Crippen LogP contribution >= 0.6 is 0 Å². The third-order valence-electron chi connectivity index (χ3n) is 6.52. The van der Waals surface area contributed by atoms with Gasteiger partial charge >= 0.3 is 0 Å². The minimum absolute atomic E-state index is 0.151. The molecule has 1 spiro atoms. The highest BCUT2D eigenvalue weighted by atomic mass is 32.2. The topological polar surface area (TPSA) is 84.4 Å². The van der Waals surface area contributed by atoms with Gasteiger partial charge in [-0.2, -0.15) is 0 Å². The van der Waals surface area contributed by atoms with Gasteiger partial charge in [0.25, 0.3) is 0 Å². The summed E-state index contributed by atoms with van der Waals surface area (Å²) in [7, 11) is -3.14. The number of hydrogen-bond acceptors (Lipinski definition) is 6. The van der Waals surface area contributed by atoms with Gasteiger partial charge in [0.15, 0.2) is 0 Å². The molecule has 26 heavy (non-hydrogen) atoms. The molecular formula is C18H26N4O3S. The number of sulfonamides is 1. The predicted molar refractivity (Wildman–Crippen MR) is 97.5 cm³/mol. The molecule has 1 N–H and O–H groups in total. The number of fused-ring (bicyclic) bond motifs is 1. The molecule has 1 aliphatic carbocycles. The molecule has 4 heterocycles. The van der Waals surface area contributed by atoms with Crippen LogP contribution in [-0.4, -0.2) is 55.0 Å². The average Bonchev–Trinajstić information content (AvgIpc) is 3.18. The van der Waals surface area contributed by atoms with Crippen LogP contribution in [0.3, 0.4) is 0 Å². The summed E-state index contributed by atoms with van der Waals surface area (Å²) >= 11 is 0. The molecule has 0 aromatic carbocycles. The second-order valence-corrected chi connectivity index (χ2v) is 10.5. The third kappa shape index (κ3) is 2.65. The van der Waals surface area contributed by atoms with Crippen molar-refractivity contribution >= 4 is 16.0 Å². The van der Waals surface area contributed by atoms with Crippen molar-refractivity contribution in [3.05, 3.63) is 17.5 Å². The lowest BCUT2D eigenvalue weighted by Crippen LogP contribution is -2.42. The van der Waals surface area contributed by atoms with Crippen molar-refractivity contribution < 1.29 is 13.2 Å². The highest BCUT2D eigenvalue weighted by Crippen LogP contribution is 2.55. The summed E-state index contributed by atoms with van der Waals surface area (Å²) in [6, 6.07) is 1.98. The fourth-order valence-electron chi connectivity index (χ4n) is 5.17. The van der Waals surface area contributed by atoms with Gasteiger partial charge in [-0.15, -0.1) is 0 Å². The number of nitrogens with zero attached hydrogens (tertiary/aromatic N) is 3. The maximum atomic E-state index is 12.2. The molecular weight excluding hydrogens is 352 g/mol. The van der Waals surface area contributed by atoms with Crippen LogP contribution < -0.4 is 9.62 Å². The van der Waals surface area contributed by atoms with E-state index in [4.69, 9.17) is 4.74 Å². The van der Waals surface area contributed by atoms with Crippen molar-refractivity contribution in [1.82, 2.24) is 14.7 Å². The first-order chi connectivity index (χ1) is 12.4. The van der Waals surface area contributed by atoms with Crippen molar-refractivity contribution in [2.75, 3.05) is 24.5 Å². The number of anilines is 1. The maximum absolute atomic E-state index is 12.2. The van der Waals surface area contributed by atoms with Gasteiger partial charge in [-0.3, -0.25) is 0 Å². The molecule has 1 aromatic rings. The smallest absolute Gasteiger partial charge is 0.225 e. The SMILES string of the molecule is Cc1cc(C)nc(N2C[C@@H]3[C@H](CNS(=O)(=O)C4CC4)[C@H]4CC[C@]3(C2)O4)n1. The molecule has 3 aliphatic heterocycles. The first-order valence-corrected chi connectivity index (χ1v) is 11.1. The van der Waals surface area contributed by atoms with Crippen molar-refractivity contribution in [3.8, 4) is 0 Å². The standard InChI is InChI=1S/C18H26N4O3S/c1-11-7-12(2)21-17(20-11)22-9-15-14(8-19-26(23,24)13-3-4-13)16-5-6-18(15,10-22)25-16/h7,13-16,19H,3-6,8-10H2,1-2H3/t14-,15+,16+,18+/m0/s1. The highest BCUT2D eigenvalue weighted by molar-refractivity contribution is 7.90. The van der Waals surface area contributed by atoms with E-state index in [-0.39, 0.29) is 22.9 Å². The van der Waals surface area contributed by atoms with Crippen molar-refractivity contribution in [2.45, 2.75) is 56.5 Å². The molecule has 7 nitrogen and oxygen atoms in total. The number of hydrogen-bond donors (Lipinski definition) is 1. The van der Waals surface area contributed by atoms with Crippen LogP contribution in [0.4, 0.5) is 5.95 Å². The number of nitrogens with one attached hydrogen (secondary N) is 1. The van der Waals surface area contributed by atoms with E-state index in [9.17, 15) is 8.42 Å². The van der Waals surface area contributed by atoms with E-state index in [0.717, 1.165) is 56.1 Å². The fraction of sp³-hybridized carbons (Fsp3) is 0.778. The zero-order chi connectivity index (χ0) is 18.1. The van der Waals surface area contributed by atoms with Gasteiger partial charge in [-0.25, -0.2) is 23.1 Å². The molecule has 142 valence electrons. The normalized spacial score (nSPS) is 35.9. The van der Waals surface area contributed by atoms with Gasteiger partial charge in [0.1, 0.15) is 0 Å². The van der Waals surface area contributed by atoms with Crippen LogP contribution in [0.2, 0.25) is 0 Å². The average molecular weight is 378 g/mol. The molecule has 1 aromatic heterocycles. The van der Waals surface area contributed by atoms with E-state index in [1.165, 1.54) is 0 Å². The van der Waals surface area contributed by atoms with E-state index < -0.39 is 10.0 Å². The van der Waals surface area contributed by atoms with E-state index >= 15 is 0 Å². The zero-order valence-corrected chi connectivity index (χ0v) is 16.1. The lowest BCUT2D eigenvalue weighted by atomic mass is 9.74. The summed E-state index contributed by atoms with van der Waals surface area (Å²) in [6.07, 6.45) is 3.85. The number of aryl methyl sites for hydroxylation is 2. The Kier molecular flexibility index (Phi) is 3.65. The molecule has 0 amide bonds. The van der Waals surface area contributed by atoms with Crippen LogP contribution in [0.5, 0.6) is 0 Å². The molecule has 1 saturated carbocycles. The Hall–Kier alpha value is -1.25. The van der Waals surface area contributed by atoms with Crippen molar-refractivity contribution in [1.29, 1.82) is 0 Å². The Morgan fingerprint density at radius 2 is 2.00 bits per heavy atom. The largest absolute Gasteiger partial charge is 0.369 e. The van der Waals surface area contributed by atoms with E-state index in [1.54, 1.807) is 0 Å².